The Bertz CT molecular complexity index is 856. The van der Waals surface area contributed by atoms with Gasteiger partial charge in [0.1, 0.15) is 5.75 Å². The van der Waals surface area contributed by atoms with Crippen LogP contribution in [0.1, 0.15) is 12.5 Å². The highest BCUT2D eigenvalue weighted by molar-refractivity contribution is 14.1. The second-order valence-corrected chi connectivity index (χ2v) is 7.16. The van der Waals surface area contributed by atoms with E-state index in [9.17, 15) is 4.79 Å². The maximum atomic E-state index is 12.0. The molecule has 0 spiro atoms. The topological polar surface area (TPSA) is 38.3 Å². The van der Waals surface area contributed by atoms with Crippen LogP contribution < -0.4 is 10.1 Å². The fourth-order valence-electron chi connectivity index (χ4n) is 2.56. The lowest BCUT2D eigenvalue weighted by molar-refractivity contribution is -0.118. The van der Waals surface area contributed by atoms with Gasteiger partial charge in [-0.1, -0.05) is 43.3 Å². The number of rotatable bonds is 6. The Labute approximate surface area is 167 Å². The zero-order valence-electron chi connectivity index (χ0n) is 14.5. The number of ether oxygens (including phenoxy) is 1. The summed E-state index contributed by atoms with van der Waals surface area (Å²) in [5.41, 5.74) is 4.30. The number of hydrogen-bond acceptors (Lipinski definition) is 2. The van der Waals surface area contributed by atoms with E-state index in [0.29, 0.717) is 5.75 Å². The van der Waals surface area contributed by atoms with Crippen molar-refractivity contribution in [3.05, 3.63) is 81.9 Å². The molecular weight excluding hydrogens is 437 g/mol. The van der Waals surface area contributed by atoms with Crippen molar-refractivity contribution in [2.24, 2.45) is 0 Å². The number of amides is 1. The minimum atomic E-state index is -0.170. The molecule has 132 valence electrons. The molecule has 0 unspecified atom stereocenters. The van der Waals surface area contributed by atoms with Crippen LogP contribution in [0.15, 0.2) is 72.8 Å². The molecular formula is C22H20INO2. The van der Waals surface area contributed by atoms with E-state index in [-0.39, 0.29) is 12.5 Å². The van der Waals surface area contributed by atoms with Gasteiger partial charge >= 0.3 is 0 Å². The first kappa shape index (κ1) is 18.5. The molecule has 0 heterocycles. The van der Waals surface area contributed by atoms with Gasteiger partial charge in [-0.05, 0) is 82.1 Å². The quantitative estimate of drug-likeness (QED) is 0.494. The van der Waals surface area contributed by atoms with Gasteiger partial charge in [-0.3, -0.25) is 4.79 Å². The molecule has 0 radical (unpaired) electrons. The van der Waals surface area contributed by atoms with Crippen LogP contribution in [0, 0.1) is 3.57 Å². The van der Waals surface area contributed by atoms with E-state index in [4.69, 9.17) is 4.74 Å². The molecule has 3 aromatic carbocycles. The van der Waals surface area contributed by atoms with Crippen LogP contribution in [0.25, 0.3) is 11.1 Å². The van der Waals surface area contributed by atoms with Gasteiger partial charge in [0.2, 0.25) is 0 Å². The molecule has 0 atom stereocenters. The van der Waals surface area contributed by atoms with Crippen molar-refractivity contribution < 1.29 is 9.53 Å². The molecule has 4 heteroatoms. The lowest BCUT2D eigenvalue weighted by Crippen LogP contribution is -2.20. The summed E-state index contributed by atoms with van der Waals surface area (Å²) >= 11 is 2.29. The maximum Gasteiger partial charge on any atom is 0.262 e. The van der Waals surface area contributed by atoms with Crippen molar-refractivity contribution in [2.45, 2.75) is 13.3 Å². The number of nitrogens with one attached hydrogen (secondary N) is 1. The number of halogens is 1. The van der Waals surface area contributed by atoms with Gasteiger partial charge in [0, 0.05) is 9.26 Å². The number of carbonyl (C=O) groups is 1. The standard InChI is InChI=1S/C22H20INO2/c1-2-16-3-11-20(12-4-16)24-22(25)15-26-21-13-7-18(8-14-21)17-5-9-19(23)10-6-17/h3-14H,2,15H2,1H3,(H,24,25). The van der Waals surface area contributed by atoms with Gasteiger partial charge in [0.25, 0.3) is 5.91 Å². The van der Waals surface area contributed by atoms with Crippen molar-refractivity contribution in [3.63, 3.8) is 0 Å². The average molecular weight is 457 g/mol. The normalized spacial score (nSPS) is 10.4. The van der Waals surface area contributed by atoms with Crippen LogP contribution in [-0.2, 0) is 11.2 Å². The van der Waals surface area contributed by atoms with Gasteiger partial charge in [-0.2, -0.15) is 0 Å². The molecule has 3 rings (SSSR count). The molecule has 0 fully saturated rings. The summed E-state index contributed by atoms with van der Waals surface area (Å²) in [5, 5.41) is 2.84. The first-order valence-corrected chi connectivity index (χ1v) is 9.59. The molecule has 1 amide bonds. The van der Waals surface area contributed by atoms with Gasteiger partial charge < -0.3 is 10.1 Å². The van der Waals surface area contributed by atoms with Crippen molar-refractivity contribution >= 4 is 34.2 Å². The second kappa shape index (κ2) is 8.85. The maximum absolute atomic E-state index is 12.0. The Hall–Kier alpha value is -2.34. The predicted molar refractivity (Wildman–Crippen MR) is 115 cm³/mol. The Kier molecular flexibility index (Phi) is 6.28. The molecule has 26 heavy (non-hydrogen) atoms. The molecule has 0 aliphatic carbocycles. The largest absolute Gasteiger partial charge is 0.484 e. The zero-order valence-corrected chi connectivity index (χ0v) is 16.7. The molecule has 0 aliphatic heterocycles. The third kappa shape index (κ3) is 5.08. The summed E-state index contributed by atoms with van der Waals surface area (Å²) in [6, 6.07) is 24.0. The lowest BCUT2D eigenvalue weighted by atomic mass is 10.1. The van der Waals surface area contributed by atoms with Crippen molar-refractivity contribution in [3.8, 4) is 16.9 Å². The number of hydrogen-bond donors (Lipinski definition) is 1. The molecule has 0 aromatic heterocycles. The summed E-state index contributed by atoms with van der Waals surface area (Å²) in [6.07, 6.45) is 0.982. The van der Waals surface area contributed by atoms with E-state index in [2.05, 4.69) is 59.1 Å². The van der Waals surface area contributed by atoms with Crippen LogP contribution in [0.3, 0.4) is 0 Å². The molecule has 3 aromatic rings. The molecule has 0 saturated heterocycles. The Morgan fingerprint density at radius 1 is 0.885 bits per heavy atom. The van der Waals surface area contributed by atoms with Gasteiger partial charge in [-0.25, -0.2) is 0 Å². The minimum Gasteiger partial charge on any atom is -0.484 e. The van der Waals surface area contributed by atoms with E-state index in [0.717, 1.165) is 23.2 Å². The van der Waals surface area contributed by atoms with Gasteiger partial charge in [0.05, 0.1) is 0 Å². The average Bonchev–Trinajstić information content (AvgIpc) is 2.68. The van der Waals surface area contributed by atoms with E-state index in [1.165, 1.54) is 9.13 Å². The van der Waals surface area contributed by atoms with Crippen LogP contribution >= 0.6 is 22.6 Å². The fourth-order valence-corrected chi connectivity index (χ4v) is 2.92. The van der Waals surface area contributed by atoms with E-state index in [1.54, 1.807) is 0 Å². The first-order chi connectivity index (χ1) is 12.6. The summed E-state index contributed by atoms with van der Waals surface area (Å²) in [6.45, 7) is 2.09. The summed E-state index contributed by atoms with van der Waals surface area (Å²) in [5.74, 6) is 0.506. The van der Waals surface area contributed by atoms with Crippen LogP contribution in [-0.4, -0.2) is 12.5 Å². The SMILES string of the molecule is CCc1ccc(NC(=O)COc2ccc(-c3ccc(I)cc3)cc2)cc1. The van der Waals surface area contributed by atoms with Gasteiger partial charge in [-0.15, -0.1) is 0 Å². The highest BCUT2D eigenvalue weighted by Crippen LogP contribution is 2.23. The molecule has 0 saturated carbocycles. The summed E-state index contributed by atoms with van der Waals surface area (Å²) in [7, 11) is 0. The lowest BCUT2D eigenvalue weighted by Gasteiger charge is -2.09. The summed E-state index contributed by atoms with van der Waals surface area (Å²) in [4.78, 5) is 12.0. The highest BCUT2D eigenvalue weighted by Gasteiger charge is 2.05. The van der Waals surface area contributed by atoms with E-state index >= 15 is 0 Å². The second-order valence-electron chi connectivity index (χ2n) is 5.92. The van der Waals surface area contributed by atoms with Gasteiger partial charge in [0.15, 0.2) is 6.61 Å². The minimum absolute atomic E-state index is 0.0155. The van der Waals surface area contributed by atoms with Crippen LogP contribution in [0.4, 0.5) is 5.69 Å². The molecule has 0 bridgehead atoms. The van der Waals surface area contributed by atoms with E-state index in [1.807, 2.05) is 48.5 Å². The number of aryl methyl sites for hydroxylation is 1. The van der Waals surface area contributed by atoms with Crippen molar-refractivity contribution in [1.29, 1.82) is 0 Å². The fraction of sp³-hybridized carbons (Fsp3) is 0.136. The third-order valence-corrected chi connectivity index (χ3v) is 4.77. The Morgan fingerprint density at radius 2 is 1.46 bits per heavy atom. The summed E-state index contributed by atoms with van der Waals surface area (Å²) < 4.78 is 6.79. The Balaban J connectivity index is 1.53. The van der Waals surface area contributed by atoms with Crippen LogP contribution in [0.5, 0.6) is 5.75 Å². The van der Waals surface area contributed by atoms with Crippen LogP contribution in [0.2, 0.25) is 0 Å². The monoisotopic (exact) mass is 457 g/mol. The van der Waals surface area contributed by atoms with Crippen molar-refractivity contribution in [1.82, 2.24) is 0 Å². The highest BCUT2D eigenvalue weighted by atomic mass is 127. The molecule has 1 N–H and O–H groups in total. The zero-order chi connectivity index (χ0) is 18.4. The Morgan fingerprint density at radius 3 is 2.04 bits per heavy atom. The molecule has 0 aliphatic rings. The number of benzene rings is 3. The third-order valence-electron chi connectivity index (χ3n) is 4.05. The smallest absolute Gasteiger partial charge is 0.262 e. The predicted octanol–water partition coefficient (Wildman–Crippen LogP) is 5.54. The molecule has 3 nitrogen and oxygen atoms in total. The van der Waals surface area contributed by atoms with Crippen molar-refractivity contribution in [2.75, 3.05) is 11.9 Å². The van der Waals surface area contributed by atoms with E-state index < -0.39 is 0 Å². The number of anilines is 1. The first-order valence-electron chi connectivity index (χ1n) is 8.51. The number of carbonyl (C=O) groups excluding carboxylic acids is 1.